The standard InChI is InChI=1S/C20H18F3N3O2/c21-20(22,23)28-16-7-8-18-14(12-16)5-3-10-26(18)11-9-19(27)25-17-6-2-1-4-15(17)13-24/h1-2,4,6-8,12H,3,5,9-11H2,(H,25,27). The van der Waals surface area contributed by atoms with Crippen LogP contribution >= 0.6 is 0 Å². The first-order chi connectivity index (χ1) is 13.4. The number of fused-ring (bicyclic) bond motifs is 1. The summed E-state index contributed by atoms with van der Waals surface area (Å²) in [6, 6.07) is 13.0. The Kier molecular flexibility index (Phi) is 5.73. The summed E-state index contributed by atoms with van der Waals surface area (Å²) in [5, 5.41) is 11.8. The van der Waals surface area contributed by atoms with Crippen LogP contribution in [0.3, 0.4) is 0 Å². The molecule has 1 amide bonds. The number of ether oxygens (including phenoxy) is 1. The first-order valence-corrected chi connectivity index (χ1v) is 8.78. The lowest BCUT2D eigenvalue weighted by molar-refractivity contribution is -0.274. The Morgan fingerprint density at radius 2 is 2.04 bits per heavy atom. The van der Waals surface area contributed by atoms with Crippen molar-refractivity contribution in [2.24, 2.45) is 0 Å². The number of hydrogen-bond donors (Lipinski definition) is 1. The van der Waals surface area contributed by atoms with Crippen molar-refractivity contribution in [2.75, 3.05) is 23.3 Å². The van der Waals surface area contributed by atoms with Gasteiger partial charge in [-0.3, -0.25) is 4.79 Å². The first kappa shape index (κ1) is 19.5. The molecule has 8 heteroatoms. The number of alkyl halides is 3. The minimum absolute atomic E-state index is 0.194. The predicted molar refractivity (Wildman–Crippen MR) is 98.1 cm³/mol. The molecule has 1 heterocycles. The summed E-state index contributed by atoms with van der Waals surface area (Å²) in [5.74, 6) is -0.467. The number of para-hydroxylation sites is 1. The first-order valence-electron chi connectivity index (χ1n) is 8.78. The number of aryl methyl sites for hydroxylation is 1. The molecule has 3 rings (SSSR count). The molecule has 28 heavy (non-hydrogen) atoms. The molecule has 2 aromatic carbocycles. The van der Waals surface area contributed by atoms with Gasteiger partial charge in [0.25, 0.3) is 0 Å². The molecule has 0 saturated heterocycles. The van der Waals surface area contributed by atoms with Crippen molar-refractivity contribution in [3.8, 4) is 11.8 Å². The van der Waals surface area contributed by atoms with E-state index in [9.17, 15) is 18.0 Å². The Hall–Kier alpha value is -3.21. The van der Waals surface area contributed by atoms with Gasteiger partial charge in [-0.25, -0.2) is 0 Å². The highest BCUT2D eigenvalue weighted by Crippen LogP contribution is 2.32. The van der Waals surface area contributed by atoms with E-state index >= 15 is 0 Å². The molecule has 1 aliphatic heterocycles. The van der Waals surface area contributed by atoms with E-state index in [0.29, 0.717) is 30.8 Å². The summed E-state index contributed by atoms with van der Waals surface area (Å²) in [5.41, 5.74) is 2.42. The van der Waals surface area contributed by atoms with Crippen LogP contribution in [0.25, 0.3) is 0 Å². The Morgan fingerprint density at radius 3 is 2.79 bits per heavy atom. The Bertz CT molecular complexity index is 906. The second-order valence-corrected chi connectivity index (χ2v) is 6.38. The van der Waals surface area contributed by atoms with Crippen LogP contribution in [0, 0.1) is 11.3 Å². The molecule has 5 nitrogen and oxygen atoms in total. The molecule has 0 fully saturated rings. The summed E-state index contributed by atoms with van der Waals surface area (Å²) < 4.78 is 41.2. The molecule has 1 N–H and O–H groups in total. The lowest BCUT2D eigenvalue weighted by Gasteiger charge is -2.31. The minimum Gasteiger partial charge on any atom is -0.406 e. The summed E-state index contributed by atoms with van der Waals surface area (Å²) in [7, 11) is 0. The van der Waals surface area contributed by atoms with Crippen LogP contribution in [0.5, 0.6) is 5.75 Å². The molecule has 0 unspecified atom stereocenters. The maximum absolute atomic E-state index is 12.4. The number of rotatable bonds is 5. The van der Waals surface area contributed by atoms with Gasteiger partial charge in [-0.1, -0.05) is 12.1 Å². The van der Waals surface area contributed by atoms with Gasteiger partial charge < -0.3 is 15.0 Å². The van der Waals surface area contributed by atoms with E-state index in [0.717, 1.165) is 17.7 Å². The fourth-order valence-electron chi connectivity index (χ4n) is 3.22. The fraction of sp³-hybridized carbons (Fsp3) is 0.300. The van der Waals surface area contributed by atoms with E-state index in [2.05, 4.69) is 10.1 Å². The maximum atomic E-state index is 12.4. The van der Waals surface area contributed by atoms with Crippen LogP contribution < -0.4 is 15.0 Å². The van der Waals surface area contributed by atoms with E-state index < -0.39 is 6.36 Å². The molecular formula is C20H18F3N3O2. The summed E-state index contributed by atoms with van der Waals surface area (Å²) in [6.45, 7) is 1.14. The number of halogens is 3. The smallest absolute Gasteiger partial charge is 0.406 e. The van der Waals surface area contributed by atoms with Gasteiger partial charge in [-0.2, -0.15) is 5.26 Å². The van der Waals surface area contributed by atoms with Gasteiger partial charge >= 0.3 is 6.36 Å². The third kappa shape index (κ3) is 4.94. The average molecular weight is 389 g/mol. The molecule has 0 atom stereocenters. The molecule has 0 bridgehead atoms. The molecule has 0 aromatic heterocycles. The number of nitrogens with zero attached hydrogens (tertiary/aromatic N) is 2. The lowest BCUT2D eigenvalue weighted by atomic mass is 10.0. The zero-order chi connectivity index (χ0) is 20.1. The van der Waals surface area contributed by atoms with Gasteiger partial charge in [0.05, 0.1) is 11.3 Å². The average Bonchev–Trinajstić information content (AvgIpc) is 2.65. The number of anilines is 2. The predicted octanol–water partition coefficient (Wildman–Crippen LogP) is 4.24. The van der Waals surface area contributed by atoms with Crippen molar-refractivity contribution in [3.05, 3.63) is 53.6 Å². The SMILES string of the molecule is N#Cc1ccccc1NC(=O)CCN1CCCc2cc(OC(F)(F)F)ccc21. The van der Waals surface area contributed by atoms with Gasteiger partial charge in [-0.05, 0) is 48.7 Å². The van der Waals surface area contributed by atoms with Crippen molar-refractivity contribution >= 4 is 17.3 Å². The number of carbonyl (C=O) groups is 1. The van der Waals surface area contributed by atoms with Gasteiger partial charge in [0.2, 0.25) is 5.91 Å². The number of benzene rings is 2. The zero-order valence-corrected chi connectivity index (χ0v) is 14.9. The number of hydrogen-bond acceptors (Lipinski definition) is 4. The van der Waals surface area contributed by atoms with Gasteiger partial charge in [-0.15, -0.1) is 13.2 Å². The highest BCUT2D eigenvalue weighted by atomic mass is 19.4. The zero-order valence-electron chi connectivity index (χ0n) is 14.9. The second kappa shape index (κ2) is 8.21. The number of nitrogens with one attached hydrogen (secondary N) is 1. The van der Waals surface area contributed by atoms with Crippen molar-refractivity contribution in [3.63, 3.8) is 0 Å². The van der Waals surface area contributed by atoms with E-state index in [1.165, 1.54) is 12.1 Å². The Labute approximate surface area is 160 Å². The van der Waals surface area contributed by atoms with Crippen molar-refractivity contribution in [1.82, 2.24) is 0 Å². The van der Waals surface area contributed by atoms with Gasteiger partial charge in [0.1, 0.15) is 11.8 Å². The highest BCUT2D eigenvalue weighted by molar-refractivity contribution is 5.92. The highest BCUT2D eigenvalue weighted by Gasteiger charge is 2.31. The number of nitriles is 1. The molecule has 0 saturated carbocycles. The van der Waals surface area contributed by atoms with Crippen LogP contribution in [0.2, 0.25) is 0 Å². The van der Waals surface area contributed by atoms with Crippen LogP contribution in [-0.4, -0.2) is 25.4 Å². The topological polar surface area (TPSA) is 65.4 Å². The van der Waals surface area contributed by atoms with E-state index in [-0.39, 0.29) is 18.1 Å². The minimum atomic E-state index is -4.72. The molecule has 0 spiro atoms. The van der Waals surface area contributed by atoms with E-state index in [1.807, 2.05) is 11.0 Å². The van der Waals surface area contributed by atoms with Crippen molar-refractivity contribution in [1.29, 1.82) is 5.26 Å². The molecule has 2 aromatic rings. The van der Waals surface area contributed by atoms with Crippen LogP contribution in [0.1, 0.15) is 24.0 Å². The van der Waals surface area contributed by atoms with E-state index in [4.69, 9.17) is 5.26 Å². The summed E-state index contributed by atoms with van der Waals surface area (Å²) >= 11 is 0. The summed E-state index contributed by atoms with van der Waals surface area (Å²) in [6.07, 6.45) is -3.09. The van der Waals surface area contributed by atoms with Crippen molar-refractivity contribution in [2.45, 2.75) is 25.6 Å². The van der Waals surface area contributed by atoms with Crippen molar-refractivity contribution < 1.29 is 22.7 Å². The fourth-order valence-corrected chi connectivity index (χ4v) is 3.22. The van der Waals surface area contributed by atoms with Crippen LogP contribution in [0.4, 0.5) is 24.5 Å². The van der Waals surface area contributed by atoms with Crippen LogP contribution in [-0.2, 0) is 11.2 Å². The monoisotopic (exact) mass is 389 g/mol. The Balaban J connectivity index is 1.63. The molecular weight excluding hydrogens is 371 g/mol. The maximum Gasteiger partial charge on any atom is 0.573 e. The lowest BCUT2D eigenvalue weighted by Crippen LogP contribution is -2.32. The molecule has 146 valence electrons. The molecule has 0 aliphatic carbocycles. The third-order valence-electron chi connectivity index (χ3n) is 4.43. The van der Waals surface area contributed by atoms with Gasteiger partial charge in [0, 0.05) is 25.2 Å². The van der Waals surface area contributed by atoms with Gasteiger partial charge in [0.15, 0.2) is 0 Å². The summed E-state index contributed by atoms with van der Waals surface area (Å²) in [4.78, 5) is 14.2. The normalized spacial score (nSPS) is 13.4. The third-order valence-corrected chi connectivity index (χ3v) is 4.43. The quantitative estimate of drug-likeness (QED) is 0.831. The number of carbonyl (C=O) groups excluding carboxylic acids is 1. The van der Waals surface area contributed by atoms with Crippen LogP contribution in [0.15, 0.2) is 42.5 Å². The number of amides is 1. The molecule has 0 radical (unpaired) electrons. The molecule has 1 aliphatic rings. The second-order valence-electron chi connectivity index (χ2n) is 6.38. The largest absolute Gasteiger partial charge is 0.573 e. The van der Waals surface area contributed by atoms with E-state index in [1.54, 1.807) is 30.3 Å². The Morgan fingerprint density at radius 1 is 1.25 bits per heavy atom.